The Morgan fingerprint density at radius 3 is 2.30 bits per heavy atom. The molecular formula is C17H23N3. The molecule has 3 rings (SSSR count). The molecule has 1 aliphatic rings. The smallest absolute Gasteiger partial charge is 0.103 e. The molecule has 0 bridgehead atoms. The zero-order chi connectivity index (χ0) is 14.1. The number of hydrogen-bond donors (Lipinski definition) is 1. The van der Waals surface area contributed by atoms with Gasteiger partial charge in [0.1, 0.15) is 5.82 Å². The van der Waals surface area contributed by atoms with Crippen molar-refractivity contribution in [1.29, 1.82) is 0 Å². The highest BCUT2D eigenvalue weighted by Crippen LogP contribution is 2.27. The van der Waals surface area contributed by atoms with E-state index in [9.17, 15) is 0 Å². The van der Waals surface area contributed by atoms with Crippen LogP contribution in [-0.2, 0) is 0 Å². The molecule has 106 valence electrons. The van der Waals surface area contributed by atoms with Gasteiger partial charge in [-0.2, -0.15) is 0 Å². The molecule has 1 atom stereocenters. The van der Waals surface area contributed by atoms with Crippen LogP contribution in [0.5, 0.6) is 0 Å². The topological polar surface area (TPSA) is 31.9 Å². The molecule has 0 spiro atoms. The normalized spacial score (nSPS) is 17.6. The first-order valence-electron chi connectivity index (χ1n) is 7.53. The van der Waals surface area contributed by atoms with E-state index in [0.29, 0.717) is 6.04 Å². The summed E-state index contributed by atoms with van der Waals surface area (Å²) in [5, 5.41) is 0. The van der Waals surface area contributed by atoms with Gasteiger partial charge in [0.15, 0.2) is 0 Å². The van der Waals surface area contributed by atoms with E-state index >= 15 is 0 Å². The Bertz CT molecular complexity index is 577. The Balaban J connectivity index is 1.82. The fraction of sp³-hybridized carbons (Fsp3) is 0.471. The quantitative estimate of drug-likeness (QED) is 0.917. The number of aryl methyl sites for hydroxylation is 2. The second-order valence-electron chi connectivity index (χ2n) is 5.84. The van der Waals surface area contributed by atoms with Crippen molar-refractivity contribution < 1.29 is 0 Å². The van der Waals surface area contributed by atoms with Crippen LogP contribution in [0.25, 0.3) is 11.3 Å². The maximum absolute atomic E-state index is 4.57. The first-order valence-corrected chi connectivity index (χ1v) is 7.53. The zero-order valence-corrected chi connectivity index (χ0v) is 12.6. The summed E-state index contributed by atoms with van der Waals surface area (Å²) in [4.78, 5) is 10.4. The van der Waals surface area contributed by atoms with E-state index < -0.39 is 0 Å². The average Bonchev–Trinajstić information content (AvgIpc) is 3.08. The number of hydrogen-bond acceptors (Lipinski definition) is 2. The van der Waals surface area contributed by atoms with E-state index in [2.05, 4.69) is 53.0 Å². The van der Waals surface area contributed by atoms with Crippen LogP contribution in [0.15, 0.2) is 24.3 Å². The van der Waals surface area contributed by atoms with Crippen molar-refractivity contribution in [3.8, 4) is 11.3 Å². The van der Waals surface area contributed by atoms with E-state index in [-0.39, 0.29) is 0 Å². The van der Waals surface area contributed by atoms with Gasteiger partial charge in [-0.3, -0.25) is 4.90 Å². The summed E-state index contributed by atoms with van der Waals surface area (Å²) in [6.07, 6.45) is 2.68. The first kappa shape index (κ1) is 13.4. The molecule has 1 unspecified atom stereocenters. The molecule has 3 heteroatoms. The van der Waals surface area contributed by atoms with Crippen LogP contribution in [0, 0.1) is 13.8 Å². The molecule has 0 amide bonds. The van der Waals surface area contributed by atoms with E-state index in [4.69, 9.17) is 0 Å². The van der Waals surface area contributed by atoms with Gasteiger partial charge in [-0.1, -0.05) is 24.3 Å². The van der Waals surface area contributed by atoms with E-state index in [1.54, 1.807) is 0 Å². The first-order chi connectivity index (χ1) is 9.65. The Morgan fingerprint density at radius 2 is 1.75 bits per heavy atom. The second-order valence-corrected chi connectivity index (χ2v) is 5.84. The van der Waals surface area contributed by atoms with Crippen LogP contribution in [0.1, 0.15) is 42.9 Å². The van der Waals surface area contributed by atoms with E-state index in [1.807, 2.05) is 6.92 Å². The van der Waals surface area contributed by atoms with Crippen molar-refractivity contribution in [3.63, 3.8) is 0 Å². The van der Waals surface area contributed by atoms with Crippen LogP contribution in [0.3, 0.4) is 0 Å². The third kappa shape index (κ3) is 2.50. The molecule has 2 heterocycles. The number of rotatable bonds is 3. The van der Waals surface area contributed by atoms with Crippen LogP contribution >= 0.6 is 0 Å². The highest BCUT2D eigenvalue weighted by atomic mass is 15.2. The highest BCUT2D eigenvalue weighted by molar-refractivity contribution is 5.62. The number of aromatic nitrogens is 2. The molecule has 3 nitrogen and oxygen atoms in total. The van der Waals surface area contributed by atoms with E-state index in [1.165, 1.54) is 37.1 Å². The van der Waals surface area contributed by atoms with Gasteiger partial charge in [-0.25, -0.2) is 4.98 Å². The van der Waals surface area contributed by atoms with Crippen LogP contribution in [0.2, 0.25) is 0 Å². The average molecular weight is 269 g/mol. The fourth-order valence-corrected chi connectivity index (χ4v) is 3.15. The van der Waals surface area contributed by atoms with Gasteiger partial charge < -0.3 is 4.98 Å². The molecule has 1 aromatic carbocycles. The third-order valence-electron chi connectivity index (χ3n) is 4.36. The van der Waals surface area contributed by atoms with Gasteiger partial charge in [0.05, 0.1) is 5.69 Å². The molecule has 0 saturated carbocycles. The molecule has 1 aromatic heterocycles. The Labute approximate surface area is 121 Å². The lowest BCUT2D eigenvalue weighted by molar-refractivity contribution is 0.263. The lowest BCUT2D eigenvalue weighted by Gasteiger charge is -2.24. The molecule has 1 fully saturated rings. The largest absolute Gasteiger partial charge is 0.346 e. The van der Waals surface area contributed by atoms with Crippen molar-refractivity contribution in [1.82, 2.24) is 14.9 Å². The van der Waals surface area contributed by atoms with Crippen LogP contribution in [-0.4, -0.2) is 28.0 Å². The zero-order valence-electron chi connectivity index (χ0n) is 12.6. The molecule has 1 saturated heterocycles. The van der Waals surface area contributed by atoms with Crippen molar-refractivity contribution in [2.75, 3.05) is 13.1 Å². The molecule has 0 radical (unpaired) electrons. The number of nitrogens with one attached hydrogen (secondary N) is 1. The summed E-state index contributed by atoms with van der Waals surface area (Å²) >= 11 is 0. The van der Waals surface area contributed by atoms with Gasteiger partial charge in [-0.15, -0.1) is 0 Å². The summed E-state index contributed by atoms with van der Waals surface area (Å²) in [6.45, 7) is 8.86. The minimum atomic E-state index is 0.522. The second kappa shape index (κ2) is 5.41. The maximum atomic E-state index is 4.57. The van der Waals surface area contributed by atoms with Gasteiger partial charge in [-0.05, 0) is 52.3 Å². The SMILES string of the molecule is Cc1nc(-c2ccc(C(C)N3CCCC3)cc2)c(C)[nH]1. The summed E-state index contributed by atoms with van der Waals surface area (Å²) < 4.78 is 0. The molecule has 0 aliphatic carbocycles. The number of nitrogens with zero attached hydrogens (tertiary/aromatic N) is 2. The van der Waals surface area contributed by atoms with Gasteiger partial charge >= 0.3 is 0 Å². The Morgan fingerprint density at radius 1 is 1.10 bits per heavy atom. The van der Waals surface area contributed by atoms with Crippen molar-refractivity contribution >= 4 is 0 Å². The monoisotopic (exact) mass is 269 g/mol. The predicted octanol–water partition coefficient (Wildman–Crippen LogP) is 3.85. The number of aromatic amines is 1. The predicted molar refractivity (Wildman–Crippen MR) is 82.7 cm³/mol. The minimum absolute atomic E-state index is 0.522. The molecule has 20 heavy (non-hydrogen) atoms. The lowest BCUT2D eigenvalue weighted by atomic mass is 10.0. The number of H-pyrrole nitrogens is 1. The summed E-state index contributed by atoms with van der Waals surface area (Å²) in [6, 6.07) is 9.42. The number of imidazole rings is 1. The lowest BCUT2D eigenvalue weighted by Crippen LogP contribution is -2.23. The third-order valence-corrected chi connectivity index (χ3v) is 4.36. The Kier molecular flexibility index (Phi) is 3.62. The molecule has 1 aliphatic heterocycles. The van der Waals surface area contributed by atoms with E-state index in [0.717, 1.165) is 17.2 Å². The maximum Gasteiger partial charge on any atom is 0.103 e. The highest BCUT2D eigenvalue weighted by Gasteiger charge is 2.19. The van der Waals surface area contributed by atoms with Crippen molar-refractivity contribution in [2.45, 2.75) is 39.7 Å². The minimum Gasteiger partial charge on any atom is -0.346 e. The summed E-state index contributed by atoms with van der Waals surface area (Å²) in [7, 11) is 0. The summed E-state index contributed by atoms with van der Waals surface area (Å²) in [5.41, 5.74) is 4.82. The van der Waals surface area contributed by atoms with Crippen LogP contribution in [0.4, 0.5) is 0 Å². The van der Waals surface area contributed by atoms with Crippen molar-refractivity contribution in [2.24, 2.45) is 0 Å². The molecular weight excluding hydrogens is 246 g/mol. The Hall–Kier alpha value is -1.61. The fourth-order valence-electron chi connectivity index (χ4n) is 3.15. The molecule has 1 N–H and O–H groups in total. The van der Waals surface area contributed by atoms with Crippen molar-refractivity contribution in [3.05, 3.63) is 41.3 Å². The summed E-state index contributed by atoms with van der Waals surface area (Å²) in [5.74, 6) is 0.979. The molecule has 2 aromatic rings. The van der Waals surface area contributed by atoms with Crippen LogP contribution < -0.4 is 0 Å². The standard InChI is InChI=1S/C17H23N3/c1-12-17(19-14(3)18-12)16-8-6-15(7-9-16)13(2)20-10-4-5-11-20/h6-9,13H,4-5,10-11H2,1-3H3,(H,18,19). The number of likely N-dealkylation sites (tertiary alicyclic amines) is 1. The van der Waals surface area contributed by atoms with Gasteiger partial charge in [0.2, 0.25) is 0 Å². The number of benzene rings is 1. The van der Waals surface area contributed by atoms with Gasteiger partial charge in [0, 0.05) is 17.3 Å². The van der Waals surface area contributed by atoms with Gasteiger partial charge in [0.25, 0.3) is 0 Å².